The van der Waals surface area contributed by atoms with Gasteiger partial charge in [0.2, 0.25) is 0 Å². The molecule has 0 spiro atoms. The number of rotatable bonds is 8. The first kappa shape index (κ1) is 15.9. The number of hydrogen-bond donors (Lipinski definition) is 1. The maximum atomic E-state index is 12.5. The highest BCUT2D eigenvalue weighted by atomic mass is 16.5. The SMILES string of the molecule is CCCCC(CC)COC(=O)C1(c2ccc(N)cc2)CC1. The first-order chi connectivity index (χ1) is 10.1. The van der Waals surface area contributed by atoms with E-state index in [-0.39, 0.29) is 5.97 Å². The Labute approximate surface area is 127 Å². The molecule has 0 aliphatic heterocycles. The average Bonchev–Trinajstić information content (AvgIpc) is 3.29. The normalized spacial score (nSPS) is 17.2. The van der Waals surface area contributed by atoms with Crippen molar-refractivity contribution in [3.63, 3.8) is 0 Å². The molecule has 1 aliphatic rings. The van der Waals surface area contributed by atoms with E-state index >= 15 is 0 Å². The van der Waals surface area contributed by atoms with E-state index in [1.807, 2.05) is 24.3 Å². The molecule has 0 bridgehead atoms. The number of benzene rings is 1. The van der Waals surface area contributed by atoms with Gasteiger partial charge in [-0.25, -0.2) is 0 Å². The largest absolute Gasteiger partial charge is 0.465 e. The summed E-state index contributed by atoms with van der Waals surface area (Å²) in [5, 5.41) is 0. The van der Waals surface area contributed by atoms with Crippen LogP contribution in [0.2, 0.25) is 0 Å². The lowest BCUT2D eigenvalue weighted by molar-refractivity contribution is -0.148. The number of nitrogen functional groups attached to an aromatic ring is 1. The van der Waals surface area contributed by atoms with E-state index in [0.717, 1.165) is 36.9 Å². The number of hydrogen-bond acceptors (Lipinski definition) is 3. The van der Waals surface area contributed by atoms with E-state index in [1.165, 1.54) is 12.8 Å². The summed E-state index contributed by atoms with van der Waals surface area (Å²) >= 11 is 0. The molecule has 0 heterocycles. The fraction of sp³-hybridized carbons (Fsp3) is 0.611. The van der Waals surface area contributed by atoms with Crippen molar-refractivity contribution in [2.45, 2.75) is 57.8 Å². The lowest BCUT2D eigenvalue weighted by Crippen LogP contribution is -2.25. The number of unbranched alkanes of at least 4 members (excludes halogenated alkanes) is 1. The van der Waals surface area contributed by atoms with Crippen molar-refractivity contribution < 1.29 is 9.53 Å². The Kier molecular flexibility index (Phi) is 5.27. The lowest BCUT2D eigenvalue weighted by Gasteiger charge is -2.19. The molecule has 1 atom stereocenters. The molecule has 1 aliphatic carbocycles. The van der Waals surface area contributed by atoms with Gasteiger partial charge in [0.1, 0.15) is 0 Å². The van der Waals surface area contributed by atoms with Gasteiger partial charge in [0, 0.05) is 5.69 Å². The monoisotopic (exact) mass is 289 g/mol. The first-order valence-corrected chi connectivity index (χ1v) is 8.15. The molecule has 1 saturated carbocycles. The second-order valence-electron chi connectivity index (χ2n) is 6.22. The van der Waals surface area contributed by atoms with Gasteiger partial charge in [0.15, 0.2) is 0 Å². The molecule has 3 nitrogen and oxygen atoms in total. The van der Waals surface area contributed by atoms with Crippen LogP contribution >= 0.6 is 0 Å². The molecule has 2 N–H and O–H groups in total. The zero-order valence-electron chi connectivity index (χ0n) is 13.2. The van der Waals surface area contributed by atoms with Gasteiger partial charge >= 0.3 is 5.97 Å². The number of carbonyl (C=O) groups excluding carboxylic acids is 1. The number of esters is 1. The molecule has 1 aromatic rings. The van der Waals surface area contributed by atoms with Gasteiger partial charge < -0.3 is 10.5 Å². The molecule has 0 radical (unpaired) electrons. The van der Waals surface area contributed by atoms with Crippen molar-refractivity contribution in [3.8, 4) is 0 Å². The van der Waals surface area contributed by atoms with Crippen LogP contribution in [0.3, 0.4) is 0 Å². The van der Waals surface area contributed by atoms with E-state index in [2.05, 4.69) is 13.8 Å². The van der Waals surface area contributed by atoms with Gasteiger partial charge in [-0.1, -0.05) is 45.2 Å². The van der Waals surface area contributed by atoms with E-state index in [1.54, 1.807) is 0 Å². The Morgan fingerprint density at radius 1 is 1.29 bits per heavy atom. The van der Waals surface area contributed by atoms with Crippen LogP contribution in [-0.2, 0) is 14.9 Å². The van der Waals surface area contributed by atoms with E-state index in [9.17, 15) is 4.79 Å². The molecule has 2 rings (SSSR count). The Hall–Kier alpha value is -1.51. The smallest absolute Gasteiger partial charge is 0.316 e. The molecule has 21 heavy (non-hydrogen) atoms. The predicted molar refractivity (Wildman–Crippen MR) is 86.0 cm³/mol. The number of nitrogens with two attached hydrogens (primary N) is 1. The van der Waals surface area contributed by atoms with Crippen LogP contribution in [0, 0.1) is 5.92 Å². The summed E-state index contributed by atoms with van der Waals surface area (Å²) < 4.78 is 5.63. The summed E-state index contributed by atoms with van der Waals surface area (Å²) in [5.41, 5.74) is 7.10. The molecular weight excluding hydrogens is 262 g/mol. The minimum Gasteiger partial charge on any atom is -0.465 e. The van der Waals surface area contributed by atoms with Crippen molar-refractivity contribution in [1.82, 2.24) is 0 Å². The third kappa shape index (κ3) is 3.78. The number of anilines is 1. The summed E-state index contributed by atoms with van der Waals surface area (Å²) in [5.74, 6) is 0.443. The maximum absolute atomic E-state index is 12.5. The third-order valence-corrected chi connectivity index (χ3v) is 4.60. The second kappa shape index (κ2) is 6.97. The van der Waals surface area contributed by atoms with Crippen molar-refractivity contribution in [1.29, 1.82) is 0 Å². The van der Waals surface area contributed by atoms with Crippen LogP contribution in [0.15, 0.2) is 24.3 Å². The highest BCUT2D eigenvalue weighted by Gasteiger charge is 2.52. The minimum atomic E-state index is -0.392. The highest BCUT2D eigenvalue weighted by molar-refractivity contribution is 5.86. The van der Waals surface area contributed by atoms with Crippen molar-refractivity contribution in [2.75, 3.05) is 12.3 Å². The predicted octanol–water partition coefficient (Wildman–Crippen LogP) is 4.06. The summed E-state index contributed by atoms with van der Waals surface area (Å²) in [6.45, 7) is 4.92. The van der Waals surface area contributed by atoms with Crippen LogP contribution in [0.5, 0.6) is 0 Å². The standard InChI is InChI=1S/C18H27NO2/c1-3-5-6-14(4-2)13-21-17(20)18(11-12-18)15-7-9-16(19)10-8-15/h7-10,14H,3-6,11-13,19H2,1-2H3. The molecule has 0 saturated heterocycles. The summed E-state index contributed by atoms with van der Waals surface area (Å²) in [6, 6.07) is 7.63. The Balaban J connectivity index is 1.92. The van der Waals surface area contributed by atoms with Gasteiger partial charge in [-0.15, -0.1) is 0 Å². The number of carbonyl (C=O) groups is 1. The molecule has 1 fully saturated rings. The third-order valence-electron chi connectivity index (χ3n) is 4.60. The zero-order valence-corrected chi connectivity index (χ0v) is 13.2. The maximum Gasteiger partial charge on any atom is 0.316 e. The van der Waals surface area contributed by atoms with Gasteiger partial charge in [-0.3, -0.25) is 4.79 Å². The Morgan fingerprint density at radius 2 is 1.95 bits per heavy atom. The first-order valence-electron chi connectivity index (χ1n) is 8.15. The molecule has 0 aromatic heterocycles. The molecule has 1 aromatic carbocycles. The van der Waals surface area contributed by atoms with Gasteiger partial charge in [-0.2, -0.15) is 0 Å². The van der Waals surface area contributed by atoms with E-state index < -0.39 is 5.41 Å². The second-order valence-corrected chi connectivity index (χ2v) is 6.22. The molecule has 1 unspecified atom stereocenters. The molecule has 116 valence electrons. The summed E-state index contributed by atoms with van der Waals surface area (Å²) in [7, 11) is 0. The zero-order chi connectivity index (χ0) is 15.3. The molecule has 0 amide bonds. The fourth-order valence-electron chi connectivity index (χ4n) is 2.77. The molecular formula is C18H27NO2. The lowest BCUT2D eigenvalue weighted by atomic mass is 9.95. The average molecular weight is 289 g/mol. The fourth-order valence-corrected chi connectivity index (χ4v) is 2.77. The topological polar surface area (TPSA) is 52.3 Å². The number of ether oxygens (including phenoxy) is 1. The van der Waals surface area contributed by atoms with E-state index in [4.69, 9.17) is 10.5 Å². The highest BCUT2D eigenvalue weighted by Crippen LogP contribution is 2.49. The van der Waals surface area contributed by atoms with Crippen molar-refractivity contribution >= 4 is 11.7 Å². The van der Waals surface area contributed by atoms with Gasteiger partial charge in [0.05, 0.1) is 12.0 Å². The van der Waals surface area contributed by atoms with Crippen LogP contribution in [-0.4, -0.2) is 12.6 Å². The molecule has 3 heteroatoms. The van der Waals surface area contributed by atoms with Gasteiger partial charge in [0.25, 0.3) is 0 Å². The van der Waals surface area contributed by atoms with Crippen LogP contribution in [0.4, 0.5) is 5.69 Å². The summed E-state index contributed by atoms with van der Waals surface area (Å²) in [6.07, 6.45) is 6.40. The minimum absolute atomic E-state index is 0.0535. The van der Waals surface area contributed by atoms with Crippen LogP contribution < -0.4 is 5.73 Å². The van der Waals surface area contributed by atoms with Crippen molar-refractivity contribution in [3.05, 3.63) is 29.8 Å². The van der Waals surface area contributed by atoms with Crippen LogP contribution in [0.25, 0.3) is 0 Å². The van der Waals surface area contributed by atoms with Crippen LogP contribution in [0.1, 0.15) is 57.9 Å². The summed E-state index contributed by atoms with van der Waals surface area (Å²) in [4.78, 5) is 12.5. The van der Waals surface area contributed by atoms with Crippen molar-refractivity contribution in [2.24, 2.45) is 5.92 Å². The quantitative estimate of drug-likeness (QED) is 0.580. The van der Waals surface area contributed by atoms with Gasteiger partial charge in [-0.05, 0) is 42.9 Å². The van der Waals surface area contributed by atoms with E-state index in [0.29, 0.717) is 12.5 Å². The Morgan fingerprint density at radius 3 is 2.48 bits per heavy atom. The Bertz CT molecular complexity index is 463.